The highest BCUT2D eigenvalue weighted by Gasteiger charge is 2.25. The number of hydrogen-bond acceptors (Lipinski definition) is 3. The third-order valence-corrected chi connectivity index (χ3v) is 6.03. The van der Waals surface area contributed by atoms with Crippen LogP contribution in [0.25, 0.3) is 0 Å². The molecule has 0 saturated carbocycles. The van der Waals surface area contributed by atoms with E-state index in [0.717, 1.165) is 62.2 Å². The van der Waals surface area contributed by atoms with Gasteiger partial charge in [-0.1, -0.05) is 23.8 Å². The van der Waals surface area contributed by atoms with E-state index in [1.54, 1.807) is 0 Å². The van der Waals surface area contributed by atoms with Gasteiger partial charge in [0.1, 0.15) is 5.75 Å². The Bertz CT molecular complexity index is 905. The summed E-state index contributed by atoms with van der Waals surface area (Å²) in [6, 6.07) is 15.3. The number of rotatable bonds is 5. The standard InChI is InChI=1S/C25H30N2O3/c1-19-7-4-9-21(15-19)25(29)27-14-6-8-20(17-27)18-30-23-11-5-10-22(16-23)24(28)26-12-2-3-13-26/h4-5,7,9-11,15-16,20H,2-3,6,8,12-14,17-18H2,1H3/t20-/m0/s1. The molecule has 2 aliphatic heterocycles. The van der Waals surface area contributed by atoms with Gasteiger partial charge in [-0.05, 0) is 62.9 Å². The second-order valence-corrected chi connectivity index (χ2v) is 8.47. The Hall–Kier alpha value is -2.82. The number of likely N-dealkylation sites (tertiary alicyclic amines) is 2. The van der Waals surface area contributed by atoms with Gasteiger partial charge in [-0.25, -0.2) is 0 Å². The lowest BCUT2D eigenvalue weighted by molar-refractivity contribution is 0.0632. The molecule has 2 saturated heterocycles. The molecule has 1 atom stereocenters. The minimum absolute atomic E-state index is 0.0885. The Labute approximate surface area is 178 Å². The first-order valence-electron chi connectivity index (χ1n) is 11.0. The van der Waals surface area contributed by atoms with Gasteiger partial charge >= 0.3 is 0 Å². The monoisotopic (exact) mass is 406 g/mol. The van der Waals surface area contributed by atoms with Crippen LogP contribution in [-0.4, -0.2) is 54.4 Å². The first kappa shape index (κ1) is 20.5. The van der Waals surface area contributed by atoms with Crippen molar-refractivity contribution in [3.8, 4) is 5.75 Å². The highest BCUT2D eigenvalue weighted by molar-refractivity contribution is 5.95. The summed E-state index contributed by atoms with van der Waals surface area (Å²) in [4.78, 5) is 29.3. The van der Waals surface area contributed by atoms with Crippen LogP contribution in [0.4, 0.5) is 0 Å². The number of aryl methyl sites for hydroxylation is 1. The molecule has 5 nitrogen and oxygen atoms in total. The Morgan fingerprint density at radius 1 is 0.900 bits per heavy atom. The molecule has 0 bridgehead atoms. The average Bonchev–Trinajstić information content (AvgIpc) is 3.32. The van der Waals surface area contributed by atoms with Gasteiger partial charge in [-0.15, -0.1) is 0 Å². The van der Waals surface area contributed by atoms with E-state index in [4.69, 9.17) is 4.74 Å². The Morgan fingerprint density at radius 3 is 2.33 bits per heavy atom. The van der Waals surface area contributed by atoms with E-state index in [1.165, 1.54) is 0 Å². The lowest BCUT2D eigenvalue weighted by Crippen LogP contribution is -2.41. The number of carbonyl (C=O) groups excluding carboxylic acids is 2. The molecule has 0 aromatic heterocycles. The summed E-state index contributed by atoms with van der Waals surface area (Å²) in [6.07, 6.45) is 4.20. The fourth-order valence-corrected chi connectivity index (χ4v) is 4.38. The van der Waals surface area contributed by atoms with Crippen LogP contribution in [-0.2, 0) is 0 Å². The van der Waals surface area contributed by atoms with Crippen LogP contribution in [0.5, 0.6) is 5.75 Å². The molecule has 158 valence electrons. The van der Waals surface area contributed by atoms with Crippen molar-refractivity contribution in [1.29, 1.82) is 0 Å². The van der Waals surface area contributed by atoms with E-state index in [0.29, 0.717) is 24.6 Å². The van der Waals surface area contributed by atoms with E-state index in [-0.39, 0.29) is 11.8 Å². The van der Waals surface area contributed by atoms with Crippen molar-refractivity contribution in [2.75, 3.05) is 32.8 Å². The molecule has 2 aliphatic rings. The maximum atomic E-state index is 12.9. The quantitative estimate of drug-likeness (QED) is 0.749. The van der Waals surface area contributed by atoms with Crippen molar-refractivity contribution in [2.24, 2.45) is 5.92 Å². The number of hydrogen-bond donors (Lipinski definition) is 0. The molecule has 2 aromatic carbocycles. The van der Waals surface area contributed by atoms with Crippen molar-refractivity contribution >= 4 is 11.8 Å². The molecule has 2 heterocycles. The smallest absolute Gasteiger partial charge is 0.253 e. The largest absolute Gasteiger partial charge is 0.493 e. The molecule has 30 heavy (non-hydrogen) atoms. The predicted molar refractivity (Wildman–Crippen MR) is 117 cm³/mol. The molecule has 2 fully saturated rings. The maximum Gasteiger partial charge on any atom is 0.253 e. The molecule has 0 radical (unpaired) electrons. The maximum absolute atomic E-state index is 12.9. The molecular weight excluding hydrogens is 376 g/mol. The molecule has 0 N–H and O–H groups in total. The summed E-state index contributed by atoms with van der Waals surface area (Å²) < 4.78 is 6.04. The summed E-state index contributed by atoms with van der Waals surface area (Å²) in [5.41, 5.74) is 2.54. The summed E-state index contributed by atoms with van der Waals surface area (Å²) in [7, 11) is 0. The van der Waals surface area contributed by atoms with Crippen LogP contribution in [0, 0.1) is 12.8 Å². The van der Waals surface area contributed by atoms with E-state index >= 15 is 0 Å². The van der Waals surface area contributed by atoms with Gasteiger partial charge in [-0.2, -0.15) is 0 Å². The summed E-state index contributed by atoms with van der Waals surface area (Å²) in [5, 5.41) is 0. The Morgan fingerprint density at radius 2 is 1.57 bits per heavy atom. The average molecular weight is 407 g/mol. The number of amides is 2. The van der Waals surface area contributed by atoms with Crippen molar-refractivity contribution in [1.82, 2.24) is 9.80 Å². The number of carbonyl (C=O) groups is 2. The first-order valence-corrected chi connectivity index (χ1v) is 11.0. The van der Waals surface area contributed by atoms with Gasteiger partial charge in [0.05, 0.1) is 6.61 Å². The van der Waals surface area contributed by atoms with Gasteiger partial charge < -0.3 is 14.5 Å². The second kappa shape index (κ2) is 9.33. The first-order chi connectivity index (χ1) is 14.6. The van der Waals surface area contributed by atoms with Gasteiger partial charge in [0, 0.05) is 43.2 Å². The zero-order chi connectivity index (χ0) is 20.9. The number of benzene rings is 2. The fraction of sp³-hybridized carbons (Fsp3) is 0.440. The molecule has 4 rings (SSSR count). The van der Waals surface area contributed by atoms with E-state index in [1.807, 2.05) is 65.3 Å². The van der Waals surface area contributed by atoms with Gasteiger partial charge in [0.2, 0.25) is 0 Å². The van der Waals surface area contributed by atoms with E-state index < -0.39 is 0 Å². The highest BCUT2D eigenvalue weighted by atomic mass is 16.5. The third kappa shape index (κ3) is 4.84. The van der Waals surface area contributed by atoms with Crippen LogP contribution in [0.3, 0.4) is 0 Å². The van der Waals surface area contributed by atoms with Crippen molar-refractivity contribution in [2.45, 2.75) is 32.6 Å². The third-order valence-electron chi connectivity index (χ3n) is 6.03. The van der Waals surface area contributed by atoms with Gasteiger partial charge in [0.15, 0.2) is 0 Å². The van der Waals surface area contributed by atoms with E-state index in [2.05, 4.69) is 0 Å². The Balaban J connectivity index is 1.34. The lowest BCUT2D eigenvalue weighted by Gasteiger charge is -2.32. The fourth-order valence-electron chi connectivity index (χ4n) is 4.38. The molecular formula is C25H30N2O3. The van der Waals surface area contributed by atoms with Crippen molar-refractivity contribution in [3.05, 3.63) is 65.2 Å². The van der Waals surface area contributed by atoms with Crippen molar-refractivity contribution in [3.63, 3.8) is 0 Å². The minimum Gasteiger partial charge on any atom is -0.493 e. The highest BCUT2D eigenvalue weighted by Crippen LogP contribution is 2.22. The van der Waals surface area contributed by atoms with Gasteiger partial charge in [0.25, 0.3) is 11.8 Å². The lowest BCUT2D eigenvalue weighted by atomic mass is 9.98. The minimum atomic E-state index is 0.0885. The molecule has 0 aliphatic carbocycles. The molecule has 0 unspecified atom stereocenters. The van der Waals surface area contributed by atoms with Crippen LogP contribution in [0.1, 0.15) is 52.0 Å². The molecule has 2 amide bonds. The number of nitrogens with zero attached hydrogens (tertiary/aromatic N) is 2. The number of ether oxygens (including phenoxy) is 1. The summed E-state index contributed by atoms with van der Waals surface area (Å²) >= 11 is 0. The summed E-state index contributed by atoms with van der Waals surface area (Å²) in [6.45, 7) is 5.75. The Kier molecular flexibility index (Phi) is 6.36. The molecule has 5 heteroatoms. The summed E-state index contributed by atoms with van der Waals surface area (Å²) in [5.74, 6) is 1.21. The predicted octanol–water partition coefficient (Wildman–Crippen LogP) is 4.16. The zero-order valence-electron chi connectivity index (χ0n) is 17.7. The zero-order valence-corrected chi connectivity index (χ0v) is 17.7. The molecule has 0 spiro atoms. The van der Waals surface area contributed by atoms with Gasteiger partial charge in [-0.3, -0.25) is 9.59 Å². The van der Waals surface area contributed by atoms with Crippen LogP contribution in [0.15, 0.2) is 48.5 Å². The van der Waals surface area contributed by atoms with Crippen LogP contribution in [0.2, 0.25) is 0 Å². The SMILES string of the molecule is Cc1cccc(C(=O)N2CCC[C@H](COc3cccc(C(=O)N4CCCC4)c3)C2)c1. The van der Waals surface area contributed by atoms with Crippen molar-refractivity contribution < 1.29 is 14.3 Å². The second-order valence-electron chi connectivity index (χ2n) is 8.47. The molecule has 2 aromatic rings. The van der Waals surface area contributed by atoms with Crippen LogP contribution >= 0.6 is 0 Å². The van der Waals surface area contributed by atoms with Crippen LogP contribution < -0.4 is 4.74 Å². The number of piperidine rings is 1. The normalized spacial score (nSPS) is 19.0. The topological polar surface area (TPSA) is 49.9 Å². The van der Waals surface area contributed by atoms with E-state index in [9.17, 15) is 9.59 Å².